The number of carboxylic acid groups (broad SMARTS) is 1. The molecular formula is C22H24N2O8. The molecule has 3 N–H and O–H groups in total. The fourth-order valence-electron chi connectivity index (χ4n) is 2.76. The summed E-state index contributed by atoms with van der Waals surface area (Å²) in [5.41, 5.74) is 1.13. The van der Waals surface area contributed by atoms with E-state index in [0.29, 0.717) is 34.2 Å². The number of anilines is 2. The average molecular weight is 444 g/mol. The minimum Gasteiger partial charge on any atom is -0.496 e. The molecule has 0 heterocycles. The molecule has 10 heteroatoms. The third kappa shape index (κ3) is 6.39. The van der Waals surface area contributed by atoms with Gasteiger partial charge in [-0.05, 0) is 24.3 Å². The number of hydrogen-bond donors (Lipinski definition) is 3. The summed E-state index contributed by atoms with van der Waals surface area (Å²) in [4.78, 5) is 34.9. The second kappa shape index (κ2) is 11.3. The molecule has 0 aromatic heterocycles. The van der Waals surface area contributed by atoms with Crippen LogP contribution in [0.5, 0.6) is 23.0 Å². The molecule has 32 heavy (non-hydrogen) atoms. The number of rotatable bonds is 10. The summed E-state index contributed by atoms with van der Waals surface area (Å²) in [7, 11) is 5.90. The molecule has 2 amide bonds. The summed E-state index contributed by atoms with van der Waals surface area (Å²) >= 11 is 0. The van der Waals surface area contributed by atoms with Crippen LogP contribution in [-0.4, -0.2) is 51.3 Å². The Labute approximate surface area is 184 Å². The first kappa shape index (κ1) is 24.1. The van der Waals surface area contributed by atoms with Gasteiger partial charge in [-0.15, -0.1) is 0 Å². The maximum atomic E-state index is 12.4. The zero-order chi connectivity index (χ0) is 23.7. The fraction of sp³-hybridized carbons (Fsp3) is 0.227. The zero-order valence-electron chi connectivity index (χ0n) is 18.1. The van der Waals surface area contributed by atoms with Gasteiger partial charge in [-0.3, -0.25) is 14.4 Å². The van der Waals surface area contributed by atoms with E-state index in [-0.39, 0.29) is 5.69 Å². The van der Waals surface area contributed by atoms with Gasteiger partial charge in [0.1, 0.15) is 29.4 Å². The molecule has 2 aromatic carbocycles. The van der Waals surface area contributed by atoms with Gasteiger partial charge in [-0.1, -0.05) is 0 Å². The number of carbonyl (C=O) groups is 3. The molecule has 0 aliphatic heterocycles. The van der Waals surface area contributed by atoms with Gasteiger partial charge in [-0.25, -0.2) is 0 Å². The summed E-state index contributed by atoms with van der Waals surface area (Å²) in [5.74, 6) is -0.687. The molecule has 0 fully saturated rings. The van der Waals surface area contributed by atoms with E-state index in [0.717, 1.165) is 0 Å². The number of benzene rings is 2. The second-order valence-corrected chi connectivity index (χ2v) is 6.30. The number of amides is 2. The lowest BCUT2D eigenvalue weighted by Gasteiger charge is -2.13. The quantitative estimate of drug-likeness (QED) is 0.376. The number of methoxy groups -OCH3 is 4. The lowest BCUT2D eigenvalue weighted by Crippen LogP contribution is -2.17. The molecule has 10 nitrogen and oxygen atoms in total. The molecule has 0 saturated carbocycles. The molecule has 0 saturated heterocycles. The summed E-state index contributed by atoms with van der Waals surface area (Å²) in [5, 5.41) is 13.8. The lowest BCUT2D eigenvalue weighted by molar-refractivity contribution is -0.139. The van der Waals surface area contributed by atoms with Crippen molar-refractivity contribution in [2.45, 2.75) is 6.42 Å². The Morgan fingerprint density at radius 3 is 2.03 bits per heavy atom. The first-order valence-corrected chi connectivity index (χ1v) is 9.30. The maximum Gasteiger partial charge on any atom is 0.312 e. The topological polar surface area (TPSA) is 132 Å². The van der Waals surface area contributed by atoms with Gasteiger partial charge in [0.25, 0.3) is 0 Å². The number of aliphatic carboxylic acids is 1. The van der Waals surface area contributed by atoms with Crippen LogP contribution in [0.3, 0.4) is 0 Å². The van der Waals surface area contributed by atoms with Crippen molar-refractivity contribution < 1.29 is 38.4 Å². The lowest BCUT2D eigenvalue weighted by atomic mass is 10.1. The highest BCUT2D eigenvalue weighted by atomic mass is 16.5. The third-order valence-corrected chi connectivity index (χ3v) is 4.21. The minimum atomic E-state index is -1.26. The van der Waals surface area contributed by atoms with Gasteiger partial charge in [0.2, 0.25) is 11.8 Å². The molecule has 0 atom stereocenters. The third-order valence-electron chi connectivity index (χ3n) is 4.21. The van der Waals surface area contributed by atoms with E-state index in [9.17, 15) is 14.4 Å². The van der Waals surface area contributed by atoms with Gasteiger partial charge in [0.05, 0.1) is 39.7 Å². The normalized spacial score (nSPS) is 10.4. The maximum absolute atomic E-state index is 12.4. The largest absolute Gasteiger partial charge is 0.496 e. The van der Waals surface area contributed by atoms with Crippen molar-refractivity contribution in [2.75, 3.05) is 39.1 Å². The van der Waals surface area contributed by atoms with Gasteiger partial charge in [0, 0.05) is 23.9 Å². The predicted molar refractivity (Wildman–Crippen MR) is 118 cm³/mol. The van der Waals surface area contributed by atoms with Gasteiger partial charge in [-0.2, -0.15) is 0 Å². The van der Waals surface area contributed by atoms with Crippen LogP contribution in [0.4, 0.5) is 11.4 Å². The molecule has 0 unspecified atom stereocenters. The Morgan fingerprint density at radius 2 is 1.50 bits per heavy atom. The van der Waals surface area contributed by atoms with Crippen molar-refractivity contribution in [2.24, 2.45) is 0 Å². The van der Waals surface area contributed by atoms with Gasteiger partial charge in [0.15, 0.2) is 0 Å². The molecule has 0 spiro atoms. The van der Waals surface area contributed by atoms with E-state index in [1.165, 1.54) is 52.7 Å². The van der Waals surface area contributed by atoms with Gasteiger partial charge >= 0.3 is 5.97 Å². The van der Waals surface area contributed by atoms with E-state index in [1.54, 1.807) is 18.2 Å². The first-order valence-electron chi connectivity index (χ1n) is 9.30. The van der Waals surface area contributed by atoms with Crippen LogP contribution in [0.15, 0.2) is 36.4 Å². The van der Waals surface area contributed by atoms with Crippen LogP contribution < -0.4 is 29.6 Å². The van der Waals surface area contributed by atoms with Crippen molar-refractivity contribution >= 4 is 35.2 Å². The zero-order valence-corrected chi connectivity index (χ0v) is 18.1. The highest BCUT2D eigenvalue weighted by Gasteiger charge is 2.13. The molecule has 0 bridgehead atoms. The minimum absolute atomic E-state index is 0.221. The average Bonchev–Trinajstić information content (AvgIpc) is 2.76. The predicted octanol–water partition coefficient (Wildman–Crippen LogP) is 2.79. The van der Waals surface area contributed by atoms with Crippen molar-refractivity contribution in [1.29, 1.82) is 0 Å². The van der Waals surface area contributed by atoms with E-state index < -0.39 is 24.2 Å². The number of ether oxygens (including phenoxy) is 4. The SMILES string of the molecule is COc1cc(OC)c(C=CC(=O)Nc2ccc(OC)c(NC(=O)CC(=O)O)c2)c(OC)c1. The number of nitrogens with one attached hydrogen (secondary N) is 2. The van der Waals surface area contributed by atoms with Crippen LogP contribution in [0.25, 0.3) is 6.08 Å². The van der Waals surface area contributed by atoms with E-state index >= 15 is 0 Å². The highest BCUT2D eigenvalue weighted by Crippen LogP contribution is 2.35. The van der Waals surface area contributed by atoms with Crippen LogP contribution in [0, 0.1) is 0 Å². The summed E-state index contributed by atoms with van der Waals surface area (Å²) in [6.07, 6.45) is 2.12. The van der Waals surface area contributed by atoms with Gasteiger partial charge < -0.3 is 34.7 Å². The molecular weight excluding hydrogens is 420 g/mol. The van der Waals surface area contributed by atoms with Crippen LogP contribution >= 0.6 is 0 Å². The molecule has 170 valence electrons. The van der Waals surface area contributed by atoms with Crippen molar-refractivity contribution in [3.05, 3.63) is 42.0 Å². The molecule has 0 radical (unpaired) electrons. The Balaban J connectivity index is 2.21. The molecule has 2 aromatic rings. The van der Waals surface area contributed by atoms with Crippen LogP contribution in [-0.2, 0) is 14.4 Å². The summed E-state index contributed by atoms with van der Waals surface area (Å²) < 4.78 is 21.1. The molecule has 2 rings (SSSR count). The Bertz CT molecular complexity index is 1010. The number of carboxylic acids is 1. The smallest absolute Gasteiger partial charge is 0.312 e. The van der Waals surface area contributed by atoms with E-state index in [1.807, 2.05) is 0 Å². The number of hydrogen-bond acceptors (Lipinski definition) is 7. The van der Waals surface area contributed by atoms with Crippen molar-refractivity contribution in [3.8, 4) is 23.0 Å². The monoisotopic (exact) mass is 444 g/mol. The van der Waals surface area contributed by atoms with Crippen molar-refractivity contribution in [1.82, 2.24) is 0 Å². The standard InChI is InChI=1S/C22H24N2O8/c1-29-14-10-18(31-3)15(19(11-14)32-4)6-8-20(25)23-13-5-7-17(30-2)16(9-13)24-21(26)12-22(27)28/h5-11H,12H2,1-4H3,(H,23,25)(H,24,26)(H,27,28). The first-order chi connectivity index (χ1) is 15.3. The van der Waals surface area contributed by atoms with Crippen LogP contribution in [0.2, 0.25) is 0 Å². The number of carbonyl (C=O) groups excluding carboxylic acids is 2. The van der Waals surface area contributed by atoms with E-state index in [4.69, 9.17) is 24.1 Å². The fourth-order valence-corrected chi connectivity index (χ4v) is 2.76. The van der Waals surface area contributed by atoms with Crippen LogP contribution in [0.1, 0.15) is 12.0 Å². The highest BCUT2D eigenvalue weighted by molar-refractivity contribution is 6.04. The summed E-state index contributed by atoms with van der Waals surface area (Å²) in [6, 6.07) is 7.89. The second-order valence-electron chi connectivity index (χ2n) is 6.30. The Hall–Kier alpha value is -4.21. The summed E-state index contributed by atoms with van der Waals surface area (Å²) in [6.45, 7) is 0. The Kier molecular flexibility index (Phi) is 8.46. The Morgan fingerprint density at radius 1 is 0.875 bits per heavy atom. The molecule has 0 aliphatic carbocycles. The molecule has 0 aliphatic rings. The van der Waals surface area contributed by atoms with E-state index in [2.05, 4.69) is 10.6 Å². The van der Waals surface area contributed by atoms with Crippen molar-refractivity contribution in [3.63, 3.8) is 0 Å².